The van der Waals surface area contributed by atoms with Crippen molar-refractivity contribution in [3.8, 4) is 0 Å². The smallest absolute Gasteiger partial charge is 0.314 e. The predicted octanol–water partition coefficient (Wildman–Crippen LogP) is 1.80. The number of carboxylic acids is 1. The van der Waals surface area contributed by atoms with Crippen molar-refractivity contribution in [1.82, 2.24) is 14.8 Å². The van der Waals surface area contributed by atoms with Crippen LogP contribution in [0.1, 0.15) is 51.7 Å². The molecule has 1 aromatic rings. The number of aromatic nitrogens is 3. The van der Waals surface area contributed by atoms with Crippen LogP contribution in [0.4, 0.5) is 0 Å². The quantitative estimate of drug-likeness (QED) is 0.852. The number of nitrogens with zero attached hydrogens (tertiary/aromatic N) is 3. The average molecular weight is 269 g/mol. The Kier molecular flexibility index (Phi) is 5.05. The number of rotatable bonds is 6. The Bertz CT molecular complexity index is 435. The van der Waals surface area contributed by atoms with E-state index in [4.69, 9.17) is 4.74 Å². The summed E-state index contributed by atoms with van der Waals surface area (Å²) in [6.45, 7) is 8.86. The first kappa shape index (κ1) is 15.6. The molecule has 0 saturated carbocycles. The zero-order chi connectivity index (χ0) is 14.6. The fourth-order valence-corrected chi connectivity index (χ4v) is 1.74. The predicted molar refractivity (Wildman–Crippen MR) is 71.3 cm³/mol. The van der Waals surface area contributed by atoms with Gasteiger partial charge in [-0.2, -0.15) is 5.10 Å². The van der Waals surface area contributed by atoms with Gasteiger partial charge in [0.1, 0.15) is 11.7 Å². The van der Waals surface area contributed by atoms with Gasteiger partial charge in [0.25, 0.3) is 0 Å². The highest BCUT2D eigenvalue weighted by Gasteiger charge is 2.28. The molecule has 1 unspecified atom stereocenters. The molecule has 6 heteroatoms. The third-order valence-corrected chi connectivity index (χ3v) is 2.90. The highest BCUT2D eigenvalue weighted by molar-refractivity contribution is 5.74. The van der Waals surface area contributed by atoms with Crippen molar-refractivity contribution in [2.24, 2.45) is 0 Å². The van der Waals surface area contributed by atoms with Crippen molar-refractivity contribution in [3.63, 3.8) is 0 Å². The number of aliphatic carboxylic acids is 1. The van der Waals surface area contributed by atoms with Crippen LogP contribution < -0.4 is 0 Å². The highest BCUT2D eigenvalue weighted by Crippen LogP contribution is 2.23. The molecule has 0 aliphatic rings. The fourth-order valence-electron chi connectivity index (χ4n) is 1.74. The number of ether oxygens (including phenoxy) is 1. The van der Waals surface area contributed by atoms with Crippen LogP contribution in [0.15, 0.2) is 0 Å². The van der Waals surface area contributed by atoms with Gasteiger partial charge in [-0.15, -0.1) is 0 Å². The topological polar surface area (TPSA) is 77.2 Å². The summed E-state index contributed by atoms with van der Waals surface area (Å²) in [6, 6.07) is 0. The molecule has 0 aromatic carbocycles. The van der Waals surface area contributed by atoms with Gasteiger partial charge in [-0.1, -0.05) is 27.7 Å². The number of hydrogen-bond donors (Lipinski definition) is 1. The van der Waals surface area contributed by atoms with E-state index >= 15 is 0 Å². The maximum absolute atomic E-state index is 11.3. The normalized spacial score (nSPS) is 13.5. The van der Waals surface area contributed by atoms with Crippen molar-refractivity contribution in [1.29, 1.82) is 0 Å². The molecule has 0 fully saturated rings. The van der Waals surface area contributed by atoms with Gasteiger partial charge in [0.2, 0.25) is 0 Å². The molecule has 0 radical (unpaired) electrons. The maximum atomic E-state index is 11.3. The third-order valence-electron chi connectivity index (χ3n) is 2.90. The van der Waals surface area contributed by atoms with Gasteiger partial charge in [-0.25, -0.2) is 9.67 Å². The van der Waals surface area contributed by atoms with Crippen LogP contribution in [0.5, 0.6) is 0 Å². The summed E-state index contributed by atoms with van der Waals surface area (Å²) in [5.41, 5.74) is -0.204. The van der Waals surface area contributed by atoms with E-state index in [-0.39, 0.29) is 5.41 Å². The van der Waals surface area contributed by atoms with Gasteiger partial charge in [-0.3, -0.25) is 4.79 Å². The van der Waals surface area contributed by atoms with Gasteiger partial charge >= 0.3 is 5.97 Å². The zero-order valence-corrected chi connectivity index (χ0v) is 12.3. The Balaban J connectivity index is 3.18. The minimum absolute atomic E-state index is 0.204. The minimum Gasteiger partial charge on any atom is -0.481 e. The molecular weight excluding hydrogens is 246 g/mol. The molecule has 0 aliphatic carbocycles. The molecule has 0 spiro atoms. The summed E-state index contributed by atoms with van der Waals surface area (Å²) >= 11 is 0. The second kappa shape index (κ2) is 6.14. The van der Waals surface area contributed by atoms with Crippen LogP contribution >= 0.6 is 0 Å². The van der Waals surface area contributed by atoms with Crippen molar-refractivity contribution < 1.29 is 14.6 Å². The summed E-state index contributed by atoms with van der Waals surface area (Å²) in [5.74, 6) is -0.315. The fraction of sp³-hybridized carbons (Fsp3) is 0.769. The summed E-state index contributed by atoms with van der Waals surface area (Å²) in [5, 5.41) is 13.7. The van der Waals surface area contributed by atoms with E-state index in [1.54, 1.807) is 11.8 Å². The molecule has 1 rings (SSSR count). The second-order valence-electron chi connectivity index (χ2n) is 5.56. The number of hydrogen-bond acceptors (Lipinski definition) is 4. The summed E-state index contributed by atoms with van der Waals surface area (Å²) in [7, 11) is 1.61. The summed E-state index contributed by atoms with van der Waals surface area (Å²) in [6.07, 6.45) is 0.491. The Morgan fingerprint density at radius 1 is 1.47 bits per heavy atom. The summed E-state index contributed by atoms with van der Waals surface area (Å²) in [4.78, 5) is 15.7. The molecule has 0 amide bonds. The highest BCUT2D eigenvalue weighted by atomic mass is 16.5. The lowest BCUT2D eigenvalue weighted by atomic mass is 9.96. The van der Waals surface area contributed by atoms with Crippen molar-refractivity contribution in [2.45, 2.75) is 52.0 Å². The first-order valence-corrected chi connectivity index (χ1v) is 6.48. The van der Waals surface area contributed by atoms with E-state index in [1.807, 2.05) is 27.7 Å². The van der Waals surface area contributed by atoms with Crippen molar-refractivity contribution in [3.05, 3.63) is 11.6 Å². The molecule has 0 aliphatic heterocycles. The standard InChI is InChI=1S/C13H23N3O3/c1-6-9(11(17)18)10-14-12(13(2,3)4)15-16(10)7-8-19-5/h9H,6-8H2,1-5H3,(H,17,18). The monoisotopic (exact) mass is 269 g/mol. The van der Waals surface area contributed by atoms with Crippen LogP contribution in [-0.2, 0) is 21.5 Å². The molecule has 1 N–H and O–H groups in total. The van der Waals surface area contributed by atoms with Crippen LogP contribution in [0, 0.1) is 0 Å². The molecule has 1 aromatic heterocycles. The lowest BCUT2D eigenvalue weighted by Crippen LogP contribution is -2.18. The molecule has 108 valence electrons. The lowest BCUT2D eigenvalue weighted by Gasteiger charge is -2.12. The molecule has 19 heavy (non-hydrogen) atoms. The molecule has 0 bridgehead atoms. The Labute approximate surface area is 113 Å². The number of carboxylic acid groups (broad SMARTS) is 1. The van der Waals surface area contributed by atoms with Gasteiger partial charge in [0.15, 0.2) is 5.82 Å². The molecule has 1 atom stereocenters. The van der Waals surface area contributed by atoms with E-state index in [0.29, 0.717) is 31.2 Å². The first-order valence-electron chi connectivity index (χ1n) is 6.48. The Morgan fingerprint density at radius 2 is 2.11 bits per heavy atom. The van der Waals surface area contributed by atoms with E-state index < -0.39 is 11.9 Å². The van der Waals surface area contributed by atoms with Crippen LogP contribution in [0.3, 0.4) is 0 Å². The van der Waals surface area contributed by atoms with E-state index in [0.717, 1.165) is 0 Å². The van der Waals surface area contributed by atoms with E-state index in [1.165, 1.54) is 0 Å². The van der Waals surface area contributed by atoms with Gasteiger partial charge in [0, 0.05) is 12.5 Å². The van der Waals surface area contributed by atoms with Gasteiger partial charge < -0.3 is 9.84 Å². The van der Waals surface area contributed by atoms with Crippen molar-refractivity contribution in [2.75, 3.05) is 13.7 Å². The van der Waals surface area contributed by atoms with Crippen LogP contribution in [0.2, 0.25) is 0 Å². The van der Waals surface area contributed by atoms with Crippen LogP contribution in [0.25, 0.3) is 0 Å². The van der Waals surface area contributed by atoms with Gasteiger partial charge in [0.05, 0.1) is 13.2 Å². The lowest BCUT2D eigenvalue weighted by molar-refractivity contribution is -0.139. The first-order chi connectivity index (χ1) is 8.81. The average Bonchev–Trinajstić information content (AvgIpc) is 2.70. The maximum Gasteiger partial charge on any atom is 0.314 e. The molecule has 0 saturated heterocycles. The Morgan fingerprint density at radius 3 is 2.53 bits per heavy atom. The third kappa shape index (κ3) is 3.76. The number of methoxy groups -OCH3 is 1. The zero-order valence-electron chi connectivity index (χ0n) is 12.3. The minimum atomic E-state index is -0.867. The molecular formula is C13H23N3O3. The van der Waals surface area contributed by atoms with Crippen LogP contribution in [-0.4, -0.2) is 39.6 Å². The molecule has 1 heterocycles. The molecule has 6 nitrogen and oxygen atoms in total. The SMILES string of the molecule is CCC(C(=O)O)c1nc(C(C)(C)C)nn1CCOC. The summed E-state index contributed by atoms with van der Waals surface area (Å²) < 4.78 is 6.69. The van der Waals surface area contributed by atoms with Gasteiger partial charge in [-0.05, 0) is 6.42 Å². The Hall–Kier alpha value is -1.43. The van der Waals surface area contributed by atoms with Crippen molar-refractivity contribution >= 4 is 5.97 Å². The largest absolute Gasteiger partial charge is 0.481 e. The number of carbonyl (C=O) groups is 1. The second-order valence-corrected chi connectivity index (χ2v) is 5.56. The van der Waals surface area contributed by atoms with E-state index in [2.05, 4.69) is 10.1 Å². The van der Waals surface area contributed by atoms with E-state index in [9.17, 15) is 9.90 Å².